The number of halogens is 1. The van der Waals surface area contributed by atoms with Gasteiger partial charge < -0.3 is 14.9 Å². The number of aryl methyl sites for hydroxylation is 2. The Morgan fingerprint density at radius 3 is 2.63 bits per heavy atom. The van der Waals surface area contributed by atoms with Crippen LogP contribution in [0.3, 0.4) is 0 Å². The number of carbonyl (C=O) groups excluding carboxylic acids is 2. The van der Waals surface area contributed by atoms with Gasteiger partial charge in [0.15, 0.2) is 0 Å². The number of aliphatic hydroxyl groups is 1. The Morgan fingerprint density at radius 1 is 1.27 bits per heavy atom. The van der Waals surface area contributed by atoms with Gasteiger partial charge in [-0.1, -0.05) is 12.1 Å². The van der Waals surface area contributed by atoms with E-state index in [1.165, 1.54) is 29.3 Å². The summed E-state index contributed by atoms with van der Waals surface area (Å²) in [6.45, 7) is 4.41. The summed E-state index contributed by atoms with van der Waals surface area (Å²) in [7, 11) is 3.83. The van der Waals surface area contributed by atoms with Crippen LogP contribution in [0.25, 0.3) is 5.76 Å². The third-order valence-corrected chi connectivity index (χ3v) is 5.06. The van der Waals surface area contributed by atoms with Crippen LogP contribution >= 0.6 is 0 Å². The minimum absolute atomic E-state index is 0.0778. The van der Waals surface area contributed by atoms with Gasteiger partial charge >= 0.3 is 0 Å². The minimum atomic E-state index is -0.886. The first-order chi connectivity index (χ1) is 14.2. The van der Waals surface area contributed by atoms with Gasteiger partial charge in [-0.3, -0.25) is 9.59 Å². The van der Waals surface area contributed by atoms with E-state index in [1.807, 2.05) is 19.0 Å². The topological polar surface area (TPSA) is 86.6 Å². The molecule has 0 unspecified atom stereocenters. The van der Waals surface area contributed by atoms with Gasteiger partial charge in [-0.25, -0.2) is 14.4 Å². The molecule has 1 saturated heterocycles. The van der Waals surface area contributed by atoms with Crippen molar-refractivity contribution >= 4 is 17.4 Å². The molecule has 1 amide bonds. The first-order valence-electron chi connectivity index (χ1n) is 9.70. The summed E-state index contributed by atoms with van der Waals surface area (Å²) >= 11 is 0. The van der Waals surface area contributed by atoms with Gasteiger partial charge in [0.25, 0.3) is 11.7 Å². The zero-order chi connectivity index (χ0) is 22.0. The molecule has 0 saturated carbocycles. The SMILES string of the molecule is Cc1ncc(/C(O)=C2\C(=O)C(=O)N(CCCN(C)C)[C@H]2c2cccc(F)c2)c(C)n1. The van der Waals surface area contributed by atoms with Crippen LogP contribution in [0, 0.1) is 19.7 Å². The van der Waals surface area contributed by atoms with E-state index in [0.717, 1.165) is 0 Å². The average molecular weight is 412 g/mol. The van der Waals surface area contributed by atoms with Gasteiger partial charge in [-0.15, -0.1) is 0 Å². The smallest absolute Gasteiger partial charge is 0.295 e. The van der Waals surface area contributed by atoms with E-state index in [0.29, 0.717) is 36.6 Å². The molecule has 1 aromatic heterocycles. The van der Waals surface area contributed by atoms with Crippen LogP contribution in [0.15, 0.2) is 36.0 Å². The number of benzene rings is 1. The second-order valence-corrected chi connectivity index (χ2v) is 7.62. The van der Waals surface area contributed by atoms with Gasteiger partial charge in [-0.05, 0) is 58.6 Å². The highest BCUT2D eigenvalue weighted by molar-refractivity contribution is 6.46. The number of hydrogen-bond acceptors (Lipinski definition) is 6. The van der Waals surface area contributed by atoms with Crippen LogP contribution in [0.2, 0.25) is 0 Å². The summed E-state index contributed by atoms with van der Waals surface area (Å²) in [4.78, 5) is 37.4. The minimum Gasteiger partial charge on any atom is -0.507 e. The van der Waals surface area contributed by atoms with Crippen molar-refractivity contribution < 1.29 is 19.1 Å². The fraction of sp³-hybridized carbons (Fsp3) is 0.364. The van der Waals surface area contributed by atoms with Crippen molar-refractivity contribution in [2.75, 3.05) is 27.2 Å². The molecule has 1 aliphatic rings. The zero-order valence-corrected chi connectivity index (χ0v) is 17.5. The number of ketones is 1. The van der Waals surface area contributed by atoms with Crippen molar-refractivity contribution in [1.29, 1.82) is 0 Å². The first-order valence-corrected chi connectivity index (χ1v) is 9.70. The van der Waals surface area contributed by atoms with Gasteiger partial charge in [0.2, 0.25) is 0 Å². The van der Waals surface area contributed by atoms with Gasteiger partial charge in [-0.2, -0.15) is 0 Å². The highest BCUT2D eigenvalue weighted by Gasteiger charge is 2.46. The van der Waals surface area contributed by atoms with Crippen molar-refractivity contribution in [1.82, 2.24) is 19.8 Å². The number of hydrogen-bond donors (Lipinski definition) is 1. The Bertz CT molecular complexity index is 1020. The predicted octanol–water partition coefficient (Wildman–Crippen LogP) is 2.61. The number of Topliss-reactive ketones (excluding diaryl/α,β-unsaturated/α-hetero) is 1. The molecule has 0 aliphatic carbocycles. The summed E-state index contributed by atoms with van der Waals surface area (Å²) in [5, 5.41) is 11.0. The fourth-order valence-corrected chi connectivity index (χ4v) is 3.65. The molecule has 7 nitrogen and oxygen atoms in total. The molecule has 0 bridgehead atoms. The molecule has 1 aromatic carbocycles. The van der Waals surface area contributed by atoms with E-state index in [1.54, 1.807) is 19.9 Å². The third kappa shape index (κ3) is 4.23. The van der Waals surface area contributed by atoms with Gasteiger partial charge in [0, 0.05) is 12.7 Å². The number of amides is 1. The van der Waals surface area contributed by atoms with E-state index in [-0.39, 0.29) is 16.9 Å². The van der Waals surface area contributed by atoms with Gasteiger partial charge in [0.05, 0.1) is 22.9 Å². The predicted molar refractivity (Wildman–Crippen MR) is 110 cm³/mol. The lowest BCUT2D eigenvalue weighted by Crippen LogP contribution is -2.32. The maximum Gasteiger partial charge on any atom is 0.295 e. The molecule has 1 aliphatic heterocycles. The molecule has 30 heavy (non-hydrogen) atoms. The van der Waals surface area contributed by atoms with Crippen LogP contribution in [0.5, 0.6) is 0 Å². The van der Waals surface area contributed by atoms with Crippen molar-refractivity contribution in [2.45, 2.75) is 26.3 Å². The number of carbonyl (C=O) groups is 2. The lowest BCUT2D eigenvalue weighted by atomic mass is 9.95. The molecule has 2 aromatic rings. The quantitative estimate of drug-likeness (QED) is 0.446. The monoisotopic (exact) mass is 412 g/mol. The van der Waals surface area contributed by atoms with E-state index in [9.17, 15) is 19.1 Å². The second-order valence-electron chi connectivity index (χ2n) is 7.62. The molecule has 1 atom stereocenters. The Labute approximate surface area is 174 Å². The Hall–Kier alpha value is -3.13. The normalized spacial score (nSPS) is 18.5. The highest BCUT2D eigenvalue weighted by Crippen LogP contribution is 2.39. The van der Waals surface area contributed by atoms with Crippen molar-refractivity contribution in [3.63, 3.8) is 0 Å². The number of rotatable bonds is 6. The molecular formula is C22H25FN4O3. The molecule has 2 heterocycles. The maximum atomic E-state index is 14.0. The maximum absolute atomic E-state index is 14.0. The third-order valence-electron chi connectivity index (χ3n) is 5.06. The van der Waals surface area contributed by atoms with Crippen molar-refractivity contribution in [3.05, 3.63) is 64.5 Å². The van der Waals surface area contributed by atoms with E-state index in [4.69, 9.17) is 0 Å². The highest BCUT2D eigenvalue weighted by atomic mass is 19.1. The summed E-state index contributed by atoms with van der Waals surface area (Å²) in [6.07, 6.45) is 2.05. The molecule has 3 rings (SSSR count). The molecule has 1 N–H and O–H groups in total. The summed E-state index contributed by atoms with van der Waals surface area (Å²) in [6, 6.07) is 4.85. The molecule has 8 heteroatoms. The summed E-state index contributed by atoms with van der Waals surface area (Å²) in [5.74, 6) is -1.83. The Balaban J connectivity index is 2.13. The first kappa shape index (κ1) is 21.6. The second kappa shape index (κ2) is 8.71. The van der Waals surface area contributed by atoms with Gasteiger partial charge in [0.1, 0.15) is 17.4 Å². The van der Waals surface area contributed by atoms with E-state index >= 15 is 0 Å². The number of aromatic nitrogens is 2. The molecule has 0 radical (unpaired) electrons. The lowest BCUT2D eigenvalue weighted by Gasteiger charge is -2.26. The molecular weight excluding hydrogens is 387 g/mol. The largest absolute Gasteiger partial charge is 0.507 e. The number of likely N-dealkylation sites (tertiary alicyclic amines) is 1. The standard InChI is InChI=1S/C22H25FN4O3/c1-13-17(12-24-14(2)25-13)20(28)18-19(15-7-5-8-16(23)11-15)27(22(30)21(18)29)10-6-9-26(3)4/h5,7-8,11-12,19,28H,6,9-10H2,1-4H3/b20-18+/t19-/m0/s1. The zero-order valence-electron chi connectivity index (χ0n) is 17.5. The number of nitrogens with zero attached hydrogens (tertiary/aromatic N) is 4. The number of aliphatic hydroxyl groups excluding tert-OH is 1. The lowest BCUT2D eigenvalue weighted by molar-refractivity contribution is -0.139. The van der Waals surface area contributed by atoms with Crippen LogP contribution in [-0.2, 0) is 9.59 Å². The van der Waals surface area contributed by atoms with Crippen LogP contribution in [0.4, 0.5) is 4.39 Å². The summed E-state index contributed by atoms with van der Waals surface area (Å²) in [5.41, 5.74) is 1.10. The van der Waals surface area contributed by atoms with E-state index in [2.05, 4.69) is 9.97 Å². The van der Waals surface area contributed by atoms with Crippen molar-refractivity contribution in [3.8, 4) is 0 Å². The Kier molecular flexibility index (Phi) is 6.26. The average Bonchev–Trinajstić information content (AvgIpc) is 2.92. The fourth-order valence-electron chi connectivity index (χ4n) is 3.65. The van der Waals surface area contributed by atoms with Crippen LogP contribution in [0.1, 0.15) is 35.1 Å². The Morgan fingerprint density at radius 2 is 2.00 bits per heavy atom. The van der Waals surface area contributed by atoms with Crippen molar-refractivity contribution in [2.24, 2.45) is 0 Å². The molecule has 0 spiro atoms. The van der Waals surface area contributed by atoms with Crippen LogP contribution in [-0.4, -0.2) is 63.7 Å². The van der Waals surface area contributed by atoms with Crippen LogP contribution < -0.4 is 0 Å². The molecule has 158 valence electrons. The summed E-state index contributed by atoms with van der Waals surface area (Å²) < 4.78 is 14.0. The molecule has 1 fully saturated rings. The van der Waals surface area contributed by atoms with E-state index < -0.39 is 23.5 Å².